The van der Waals surface area contributed by atoms with Crippen LogP contribution >= 0.6 is 11.6 Å². The molecule has 0 atom stereocenters. The maximum Gasteiger partial charge on any atom is 0.210 e. The minimum Gasteiger partial charge on any atom is -0.385 e. The first-order valence-electron chi connectivity index (χ1n) is 8.63. The lowest BCUT2D eigenvalue weighted by molar-refractivity contribution is 0.362. The fraction of sp³-hybridized carbons (Fsp3) is 0.333. The summed E-state index contributed by atoms with van der Waals surface area (Å²) >= 11 is 6.18. The fourth-order valence-corrected chi connectivity index (χ4v) is 5.64. The van der Waals surface area contributed by atoms with Gasteiger partial charge in [-0.2, -0.15) is 0 Å². The lowest BCUT2D eigenvalue weighted by Gasteiger charge is -2.24. The van der Waals surface area contributed by atoms with Crippen molar-refractivity contribution in [3.8, 4) is 0 Å². The molecule has 136 valence electrons. The summed E-state index contributed by atoms with van der Waals surface area (Å²) in [6.07, 6.45) is 5.46. The topological polar surface area (TPSA) is 90.9 Å². The standard InChI is InChI=1S/C18H19ClN4O2S/c19-17-16(26(24,25)13-9-5-2-6-10-13)14-11-15(20)23(18(14)22-21-17)12-7-3-1-4-8-12/h2,5-6,9-12H,1,3-4,7-8,20H2. The Labute approximate surface area is 156 Å². The molecule has 1 saturated carbocycles. The number of nitrogens with two attached hydrogens (primary N) is 1. The lowest BCUT2D eigenvalue weighted by Crippen LogP contribution is -2.15. The maximum absolute atomic E-state index is 13.2. The molecule has 0 saturated heterocycles. The second-order valence-electron chi connectivity index (χ2n) is 6.60. The molecular weight excluding hydrogens is 372 g/mol. The predicted octanol–water partition coefficient (Wildman–Crippen LogP) is 4.00. The van der Waals surface area contributed by atoms with E-state index in [-0.39, 0.29) is 21.0 Å². The van der Waals surface area contributed by atoms with E-state index in [1.807, 2.05) is 4.57 Å². The summed E-state index contributed by atoms with van der Waals surface area (Å²) in [6.45, 7) is 0. The molecule has 6 nitrogen and oxygen atoms in total. The van der Waals surface area contributed by atoms with Crippen molar-refractivity contribution in [3.63, 3.8) is 0 Å². The van der Waals surface area contributed by atoms with Crippen LogP contribution in [0.5, 0.6) is 0 Å². The molecule has 26 heavy (non-hydrogen) atoms. The Morgan fingerprint density at radius 1 is 1.08 bits per heavy atom. The zero-order valence-corrected chi connectivity index (χ0v) is 15.7. The summed E-state index contributed by atoms with van der Waals surface area (Å²) < 4.78 is 28.2. The zero-order valence-electron chi connectivity index (χ0n) is 14.1. The highest BCUT2D eigenvalue weighted by atomic mass is 35.5. The van der Waals surface area contributed by atoms with Crippen molar-refractivity contribution in [1.29, 1.82) is 0 Å². The first-order valence-corrected chi connectivity index (χ1v) is 10.5. The fourth-order valence-electron chi connectivity index (χ4n) is 3.75. The van der Waals surface area contributed by atoms with Crippen LogP contribution in [0.25, 0.3) is 11.0 Å². The molecule has 3 aromatic rings. The second kappa shape index (κ2) is 6.55. The number of halogens is 1. The summed E-state index contributed by atoms with van der Waals surface area (Å²) in [5.74, 6) is 0.493. The van der Waals surface area contributed by atoms with Crippen LogP contribution in [0.4, 0.5) is 5.82 Å². The monoisotopic (exact) mass is 390 g/mol. The Morgan fingerprint density at radius 2 is 1.77 bits per heavy atom. The summed E-state index contributed by atoms with van der Waals surface area (Å²) in [7, 11) is -3.83. The molecule has 4 rings (SSSR count). The van der Waals surface area contributed by atoms with Crippen LogP contribution in [0.3, 0.4) is 0 Å². The Hall–Kier alpha value is -2.12. The van der Waals surface area contributed by atoms with E-state index in [0.29, 0.717) is 16.9 Å². The van der Waals surface area contributed by atoms with E-state index in [1.54, 1.807) is 36.4 Å². The number of sulfone groups is 1. The van der Waals surface area contributed by atoms with E-state index in [4.69, 9.17) is 17.3 Å². The van der Waals surface area contributed by atoms with Gasteiger partial charge in [-0.3, -0.25) is 0 Å². The minimum atomic E-state index is -3.83. The third-order valence-electron chi connectivity index (χ3n) is 4.97. The summed E-state index contributed by atoms with van der Waals surface area (Å²) in [5.41, 5.74) is 6.72. The number of anilines is 1. The number of aromatic nitrogens is 3. The lowest BCUT2D eigenvalue weighted by atomic mass is 9.95. The molecule has 0 aliphatic heterocycles. The van der Waals surface area contributed by atoms with Gasteiger partial charge >= 0.3 is 0 Å². The van der Waals surface area contributed by atoms with Gasteiger partial charge in [-0.05, 0) is 31.0 Å². The molecular formula is C18H19ClN4O2S. The van der Waals surface area contributed by atoms with Gasteiger partial charge in [0, 0.05) is 11.4 Å². The highest BCUT2D eigenvalue weighted by Crippen LogP contribution is 2.38. The number of hydrogen-bond acceptors (Lipinski definition) is 5. The number of hydrogen-bond donors (Lipinski definition) is 1. The van der Waals surface area contributed by atoms with Crippen molar-refractivity contribution >= 4 is 38.3 Å². The Kier molecular flexibility index (Phi) is 4.36. The number of nitrogen functional groups attached to an aromatic ring is 1. The van der Waals surface area contributed by atoms with Crippen molar-refractivity contribution in [2.24, 2.45) is 0 Å². The normalized spacial score (nSPS) is 16.2. The quantitative estimate of drug-likeness (QED) is 0.729. The van der Waals surface area contributed by atoms with Crippen molar-refractivity contribution in [3.05, 3.63) is 41.6 Å². The van der Waals surface area contributed by atoms with Gasteiger partial charge in [-0.1, -0.05) is 49.1 Å². The van der Waals surface area contributed by atoms with Gasteiger partial charge in [0.05, 0.1) is 4.90 Å². The molecule has 0 radical (unpaired) electrons. The van der Waals surface area contributed by atoms with Crippen LogP contribution in [0.2, 0.25) is 5.15 Å². The van der Waals surface area contributed by atoms with Crippen molar-refractivity contribution in [2.75, 3.05) is 5.73 Å². The van der Waals surface area contributed by atoms with Crippen LogP contribution in [0, 0.1) is 0 Å². The van der Waals surface area contributed by atoms with Crippen LogP contribution < -0.4 is 5.73 Å². The molecule has 0 unspecified atom stereocenters. The Bertz CT molecular complexity index is 1060. The SMILES string of the molecule is Nc1cc2c(S(=O)(=O)c3ccccc3)c(Cl)nnc2n1C1CCCCC1. The van der Waals surface area contributed by atoms with Crippen LogP contribution in [0.15, 0.2) is 46.2 Å². The van der Waals surface area contributed by atoms with E-state index in [2.05, 4.69) is 10.2 Å². The maximum atomic E-state index is 13.2. The molecule has 1 aromatic carbocycles. The Morgan fingerprint density at radius 3 is 2.46 bits per heavy atom. The first kappa shape index (κ1) is 17.3. The molecule has 0 spiro atoms. The molecule has 0 bridgehead atoms. The van der Waals surface area contributed by atoms with Gasteiger partial charge in [0.15, 0.2) is 10.8 Å². The highest BCUT2D eigenvalue weighted by Gasteiger charge is 2.29. The molecule has 8 heteroatoms. The van der Waals surface area contributed by atoms with E-state index in [1.165, 1.54) is 6.42 Å². The number of rotatable bonds is 3. The zero-order chi connectivity index (χ0) is 18.3. The van der Waals surface area contributed by atoms with Crippen molar-refractivity contribution < 1.29 is 8.42 Å². The van der Waals surface area contributed by atoms with Crippen LogP contribution in [-0.4, -0.2) is 23.2 Å². The average Bonchev–Trinajstić information content (AvgIpc) is 2.98. The van der Waals surface area contributed by atoms with Gasteiger partial charge in [-0.15, -0.1) is 10.2 Å². The average molecular weight is 391 g/mol. The van der Waals surface area contributed by atoms with Gasteiger partial charge in [-0.25, -0.2) is 8.42 Å². The van der Waals surface area contributed by atoms with E-state index < -0.39 is 9.84 Å². The first-order chi connectivity index (χ1) is 12.5. The smallest absolute Gasteiger partial charge is 0.210 e. The molecule has 1 aliphatic carbocycles. The van der Waals surface area contributed by atoms with E-state index in [9.17, 15) is 8.42 Å². The largest absolute Gasteiger partial charge is 0.385 e. The Balaban J connectivity index is 1.95. The summed E-state index contributed by atoms with van der Waals surface area (Å²) in [4.78, 5) is 0.136. The van der Waals surface area contributed by atoms with Crippen LogP contribution in [-0.2, 0) is 9.84 Å². The summed E-state index contributed by atoms with van der Waals surface area (Å²) in [5, 5.41) is 8.40. The molecule has 2 N–H and O–H groups in total. The van der Waals surface area contributed by atoms with Crippen LogP contribution in [0.1, 0.15) is 38.1 Å². The minimum absolute atomic E-state index is 0.0309. The molecule has 2 heterocycles. The van der Waals surface area contributed by atoms with E-state index in [0.717, 1.165) is 25.7 Å². The molecule has 1 aliphatic rings. The van der Waals surface area contributed by atoms with Crippen molar-refractivity contribution in [2.45, 2.75) is 47.9 Å². The molecule has 1 fully saturated rings. The highest BCUT2D eigenvalue weighted by molar-refractivity contribution is 7.91. The van der Waals surface area contributed by atoms with E-state index >= 15 is 0 Å². The molecule has 2 aromatic heterocycles. The van der Waals surface area contributed by atoms with Crippen molar-refractivity contribution in [1.82, 2.24) is 14.8 Å². The molecule has 0 amide bonds. The number of benzene rings is 1. The number of fused-ring (bicyclic) bond motifs is 1. The second-order valence-corrected chi connectivity index (χ2v) is 8.85. The third kappa shape index (κ3) is 2.75. The summed E-state index contributed by atoms with van der Waals surface area (Å²) in [6, 6.07) is 10.1. The van der Waals surface area contributed by atoms with Gasteiger partial charge in [0.2, 0.25) is 9.84 Å². The third-order valence-corrected chi connectivity index (χ3v) is 7.19. The number of nitrogens with zero attached hydrogens (tertiary/aromatic N) is 3. The predicted molar refractivity (Wildman–Crippen MR) is 101 cm³/mol. The van der Waals surface area contributed by atoms with Gasteiger partial charge in [0.1, 0.15) is 10.7 Å². The van der Waals surface area contributed by atoms with Gasteiger partial charge in [0.25, 0.3) is 0 Å². The van der Waals surface area contributed by atoms with Gasteiger partial charge < -0.3 is 10.3 Å².